The number of fused-ring (bicyclic) bond motifs is 1. The van der Waals surface area contributed by atoms with Crippen molar-refractivity contribution in [3.05, 3.63) is 34.6 Å². The van der Waals surface area contributed by atoms with Gasteiger partial charge in [-0.05, 0) is 18.9 Å². The van der Waals surface area contributed by atoms with E-state index in [2.05, 4.69) is 15.1 Å². The molecule has 0 amide bonds. The molecular formula is C13H14ClN3O. The number of piperidine rings is 1. The number of halogens is 1. The van der Waals surface area contributed by atoms with Crippen LogP contribution in [0, 0.1) is 0 Å². The van der Waals surface area contributed by atoms with Crippen LogP contribution in [0.5, 0.6) is 0 Å². The monoisotopic (exact) mass is 263 g/mol. The number of aromatic amines is 1. The van der Waals surface area contributed by atoms with Crippen LogP contribution < -0.4 is 10.5 Å². The third-order valence-corrected chi connectivity index (χ3v) is 3.84. The van der Waals surface area contributed by atoms with Crippen LogP contribution in [-0.2, 0) is 0 Å². The Morgan fingerprint density at radius 3 is 2.61 bits per heavy atom. The molecule has 3 rings (SSSR count). The van der Waals surface area contributed by atoms with E-state index in [0.29, 0.717) is 5.39 Å². The Labute approximate surface area is 110 Å². The van der Waals surface area contributed by atoms with Crippen molar-refractivity contribution >= 4 is 28.2 Å². The number of hydrogen-bond acceptors (Lipinski definition) is 3. The molecule has 0 bridgehead atoms. The third kappa shape index (κ3) is 1.97. The summed E-state index contributed by atoms with van der Waals surface area (Å²) >= 11 is 6.11. The molecule has 0 unspecified atom stereocenters. The van der Waals surface area contributed by atoms with Crippen LogP contribution >= 0.6 is 11.6 Å². The van der Waals surface area contributed by atoms with Crippen molar-refractivity contribution in [1.82, 2.24) is 10.2 Å². The fourth-order valence-electron chi connectivity index (χ4n) is 2.40. The second-order valence-electron chi connectivity index (χ2n) is 4.58. The zero-order chi connectivity index (χ0) is 12.5. The summed E-state index contributed by atoms with van der Waals surface area (Å²) in [7, 11) is 0. The second-order valence-corrected chi connectivity index (χ2v) is 5.20. The van der Waals surface area contributed by atoms with Crippen LogP contribution in [0.3, 0.4) is 0 Å². The Balaban J connectivity index is 2.07. The fraction of sp³-hybridized carbons (Fsp3) is 0.385. The minimum absolute atomic E-state index is 0.137. The Morgan fingerprint density at radius 1 is 1.22 bits per heavy atom. The topological polar surface area (TPSA) is 49.0 Å². The van der Waals surface area contributed by atoms with Gasteiger partial charge in [-0.15, -0.1) is 11.6 Å². The molecule has 0 spiro atoms. The van der Waals surface area contributed by atoms with Gasteiger partial charge in [-0.3, -0.25) is 4.79 Å². The number of rotatable bonds is 1. The number of nitrogens with zero attached hydrogens (tertiary/aromatic N) is 2. The van der Waals surface area contributed by atoms with E-state index in [-0.39, 0.29) is 10.9 Å². The van der Waals surface area contributed by atoms with Gasteiger partial charge in [0.05, 0.1) is 5.39 Å². The number of nitrogens with one attached hydrogen (secondary N) is 1. The molecule has 4 nitrogen and oxygen atoms in total. The van der Waals surface area contributed by atoms with Gasteiger partial charge in [-0.25, -0.2) is 5.10 Å². The lowest BCUT2D eigenvalue weighted by molar-refractivity contribution is 0.579. The molecule has 1 aliphatic heterocycles. The third-order valence-electron chi connectivity index (χ3n) is 3.40. The van der Waals surface area contributed by atoms with E-state index in [1.165, 1.54) is 0 Å². The van der Waals surface area contributed by atoms with Gasteiger partial charge in [-0.1, -0.05) is 18.2 Å². The number of aromatic nitrogens is 2. The Bertz CT molecular complexity index is 617. The van der Waals surface area contributed by atoms with Crippen molar-refractivity contribution in [3.63, 3.8) is 0 Å². The first kappa shape index (κ1) is 11.5. The smallest absolute Gasteiger partial charge is 0.272 e. The lowest BCUT2D eigenvalue weighted by atomic mass is 10.1. The first-order chi connectivity index (χ1) is 8.75. The standard InChI is InChI=1S/C13H14ClN3O/c14-9-5-7-17(8-6-9)12-10-3-1-2-4-11(10)13(18)16-15-12/h1-4,9H,5-8H2,(H,16,18). The number of H-pyrrole nitrogens is 1. The van der Waals surface area contributed by atoms with Crippen molar-refractivity contribution in [3.8, 4) is 0 Å². The summed E-state index contributed by atoms with van der Waals surface area (Å²) < 4.78 is 0. The van der Waals surface area contributed by atoms with Crippen molar-refractivity contribution in [2.75, 3.05) is 18.0 Å². The first-order valence-corrected chi connectivity index (χ1v) is 6.56. The van der Waals surface area contributed by atoms with E-state index in [1.54, 1.807) is 0 Å². The van der Waals surface area contributed by atoms with E-state index in [9.17, 15) is 4.79 Å². The highest BCUT2D eigenvalue weighted by Gasteiger charge is 2.20. The van der Waals surface area contributed by atoms with Crippen molar-refractivity contribution in [2.45, 2.75) is 18.2 Å². The van der Waals surface area contributed by atoms with E-state index in [0.717, 1.165) is 37.1 Å². The van der Waals surface area contributed by atoms with E-state index in [4.69, 9.17) is 11.6 Å². The average molecular weight is 264 g/mol. The quantitative estimate of drug-likeness (QED) is 0.802. The largest absolute Gasteiger partial charge is 0.355 e. The van der Waals surface area contributed by atoms with E-state index in [1.807, 2.05) is 24.3 Å². The molecule has 1 aliphatic rings. The van der Waals surface area contributed by atoms with Crippen LogP contribution in [0.25, 0.3) is 10.8 Å². The molecule has 1 fully saturated rings. The summed E-state index contributed by atoms with van der Waals surface area (Å²) in [5.41, 5.74) is -0.137. The van der Waals surface area contributed by atoms with Gasteiger partial charge in [0.15, 0.2) is 5.82 Å². The van der Waals surface area contributed by atoms with Gasteiger partial charge in [0, 0.05) is 23.9 Å². The molecule has 0 saturated carbocycles. The molecule has 5 heteroatoms. The maximum atomic E-state index is 11.7. The van der Waals surface area contributed by atoms with Crippen molar-refractivity contribution in [2.24, 2.45) is 0 Å². The zero-order valence-corrected chi connectivity index (χ0v) is 10.7. The van der Waals surface area contributed by atoms with Crippen LogP contribution in [0.1, 0.15) is 12.8 Å². The minimum atomic E-state index is -0.137. The summed E-state index contributed by atoms with van der Waals surface area (Å²) in [6.07, 6.45) is 1.91. The molecule has 2 heterocycles. The molecule has 1 aromatic carbocycles. The van der Waals surface area contributed by atoms with Crippen LogP contribution in [0.15, 0.2) is 29.1 Å². The Kier molecular flexibility index (Phi) is 2.96. The van der Waals surface area contributed by atoms with Gasteiger partial charge < -0.3 is 4.90 Å². The van der Waals surface area contributed by atoms with Gasteiger partial charge in [-0.2, -0.15) is 5.10 Å². The van der Waals surface area contributed by atoms with Gasteiger partial charge in [0.2, 0.25) is 0 Å². The molecule has 94 valence electrons. The minimum Gasteiger partial charge on any atom is -0.355 e. The van der Waals surface area contributed by atoms with Gasteiger partial charge >= 0.3 is 0 Å². The Morgan fingerprint density at radius 2 is 1.89 bits per heavy atom. The molecule has 0 radical (unpaired) electrons. The second kappa shape index (κ2) is 4.61. The number of anilines is 1. The molecular weight excluding hydrogens is 250 g/mol. The van der Waals surface area contributed by atoms with Crippen LogP contribution in [-0.4, -0.2) is 28.7 Å². The average Bonchev–Trinajstić information content (AvgIpc) is 2.41. The lowest BCUT2D eigenvalue weighted by Gasteiger charge is -2.30. The molecule has 0 atom stereocenters. The molecule has 2 aromatic rings. The molecule has 1 N–H and O–H groups in total. The van der Waals surface area contributed by atoms with Crippen molar-refractivity contribution in [1.29, 1.82) is 0 Å². The summed E-state index contributed by atoms with van der Waals surface area (Å²) in [4.78, 5) is 13.9. The highest BCUT2D eigenvalue weighted by molar-refractivity contribution is 6.20. The first-order valence-electron chi connectivity index (χ1n) is 6.12. The number of hydrogen-bond donors (Lipinski definition) is 1. The summed E-state index contributed by atoms with van der Waals surface area (Å²) in [5.74, 6) is 0.855. The van der Waals surface area contributed by atoms with Crippen LogP contribution in [0.4, 0.5) is 5.82 Å². The summed E-state index contributed by atoms with van der Waals surface area (Å²) in [5, 5.41) is 8.63. The van der Waals surface area contributed by atoms with Gasteiger partial charge in [0.25, 0.3) is 5.56 Å². The highest BCUT2D eigenvalue weighted by atomic mass is 35.5. The summed E-state index contributed by atoms with van der Waals surface area (Å²) in [6.45, 7) is 1.77. The molecule has 1 saturated heterocycles. The normalized spacial score (nSPS) is 17.3. The number of alkyl halides is 1. The molecule has 1 aromatic heterocycles. The van der Waals surface area contributed by atoms with E-state index >= 15 is 0 Å². The highest BCUT2D eigenvalue weighted by Crippen LogP contribution is 2.25. The fourth-order valence-corrected chi connectivity index (χ4v) is 2.60. The SMILES string of the molecule is O=c1[nH]nc(N2CCC(Cl)CC2)c2ccccc12. The molecule has 18 heavy (non-hydrogen) atoms. The maximum Gasteiger partial charge on any atom is 0.272 e. The predicted molar refractivity (Wildman–Crippen MR) is 73.5 cm³/mol. The predicted octanol–water partition coefficient (Wildman–Crippen LogP) is 2.13. The summed E-state index contributed by atoms with van der Waals surface area (Å²) in [6, 6.07) is 7.57. The van der Waals surface area contributed by atoms with E-state index < -0.39 is 0 Å². The number of benzene rings is 1. The molecule has 0 aliphatic carbocycles. The van der Waals surface area contributed by atoms with Crippen LogP contribution in [0.2, 0.25) is 0 Å². The lowest BCUT2D eigenvalue weighted by Crippen LogP contribution is -2.35. The zero-order valence-electron chi connectivity index (χ0n) is 9.90. The Hall–Kier alpha value is -1.55. The van der Waals surface area contributed by atoms with Crippen molar-refractivity contribution < 1.29 is 0 Å². The maximum absolute atomic E-state index is 11.7. The van der Waals surface area contributed by atoms with Gasteiger partial charge in [0.1, 0.15) is 0 Å².